The molecule has 0 aliphatic rings. The van der Waals surface area contributed by atoms with Crippen molar-refractivity contribution in [3.8, 4) is 0 Å². The zero-order valence-electron chi connectivity index (χ0n) is 6.84. The van der Waals surface area contributed by atoms with E-state index in [0.29, 0.717) is 20.4 Å². The van der Waals surface area contributed by atoms with E-state index >= 15 is 0 Å². The number of carbonyl (C=O) groups is 1. The Hall–Kier alpha value is -1.000. The monoisotopic (exact) mass is 273 g/mol. The third-order valence-electron chi connectivity index (χ3n) is 1.93. The second kappa shape index (κ2) is 3.29. The van der Waals surface area contributed by atoms with Gasteiger partial charge in [0.2, 0.25) is 0 Å². The molecule has 0 amide bonds. The summed E-state index contributed by atoms with van der Waals surface area (Å²) in [7, 11) is 0. The molecule has 72 valence electrons. The van der Waals surface area contributed by atoms with E-state index in [0.717, 1.165) is 0 Å². The van der Waals surface area contributed by atoms with Crippen molar-refractivity contribution in [2.75, 3.05) is 0 Å². The number of halogens is 2. The van der Waals surface area contributed by atoms with Crippen LogP contribution in [0, 0.1) is 0 Å². The molecule has 0 radical (unpaired) electrons. The maximum atomic E-state index is 10.8. The van der Waals surface area contributed by atoms with Gasteiger partial charge in [-0.3, -0.25) is 0 Å². The van der Waals surface area contributed by atoms with Crippen LogP contribution in [0.15, 0.2) is 22.8 Å². The molecule has 3 nitrogen and oxygen atoms in total. The van der Waals surface area contributed by atoms with Crippen molar-refractivity contribution in [2.24, 2.45) is 0 Å². The summed E-state index contributed by atoms with van der Waals surface area (Å²) in [6.45, 7) is 0. The van der Waals surface area contributed by atoms with E-state index < -0.39 is 5.97 Å². The maximum Gasteiger partial charge on any atom is 0.337 e. The van der Waals surface area contributed by atoms with Crippen LogP contribution in [0.4, 0.5) is 0 Å². The number of benzene rings is 1. The molecule has 1 aromatic heterocycles. The Labute approximate surface area is 92.8 Å². The molecule has 0 aliphatic carbocycles. The molecule has 2 rings (SSSR count). The topological polar surface area (TPSA) is 53.1 Å². The summed E-state index contributed by atoms with van der Waals surface area (Å²) < 4.78 is 0.679. The Bertz CT molecular complexity index is 521. The Kier molecular flexibility index (Phi) is 2.25. The van der Waals surface area contributed by atoms with Crippen molar-refractivity contribution >= 4 is 44.4 Å². The molecule has 0 spiro atoms. The number of nitrogens with one attached hydrogen (secondary N) is 1. The number of hydrogen-bond donors (Lipinski definition) is 2. The highest BCUT2D eigenvalue weighted by Gasteiger charge is 2.13. The first kappa shape index (κ1) is 9.55. The van der Waals surface area contributed by atoms with E-state index in [1.165, 1.54) is 6.20 Å². The van der Waals surface area contributed by atoms with Gasteiger partial charge in [-0.1, -0.05) is 27.5 Å². The quantitative estimate of drug-likeness (QED) is 0.838. The van der Waals surface area contributed by atoms with E-state index in [2.05, 4.69) is 20.9 Å². The number of aromatic carboxylic acids is 1. The lowest BCUT2D eigenvalue weighted by Gasteiger charge is -1.97. The first-order valence-electron chi connectivity index (χ1n) is 3.79. The summed E-state index contributed by atoms with van der Waals surface area (Å²) >= 11 is 9.09. The molecule has 0 unspecified atom stereocenters. The van der Waals surface area contributed by atoms with Gasteiger partial charge in [0.15, 0.2) is 0 Å². The van der Waals surface area contributed by atoms with Crippen molar-refractivity contribution in [3.05, 3.63) is 33.4 Å². The van der Waals surface area contributed by atoms with Gasteiger partial charge in [-0.15, -0.1) is 0 Å². The predicted molar refractivity (Wildman–Crippen MR) is 58.0 cm³/mol. The number of rotatable bonds is 1. The van der Waals surface area contributed by atoms with Gasteiger partial charge in [-0.25, -0.2) is 4.79 Å². The lowest BCUT2D eigenvalue weighted by atomic mass is 10.2. The average molecular weight is 275 g/mol. The van der Waals surface area contributed by atoms with Crippen LogP contribution in [0.3, 0.4) is 0 Å². The van der Waals surface area contributed by atoms with Crippen LogP contribution in [-0.2, 0) is 0 Å². The van der Waals surface area contributed by atoms with Gasteiger partial charge >= 0.3 is 5.97 Å². The summed E-state index contributed by atoms with van der Waals surface area (Å²) in [4.78, 5) is 13.7. The minimum Gasteiger partial charge on any atom is -0.478 e. The van der Waals surface area contributed by atoms with Crippen molar-refractivity contribution < 1.29 is 9.90 Å². The highest BCUT2D eigenvalue weighted by Crippen LogP contribution is 2.30. The molecule has 0 saturated carbocycles. The van der Waals surface area contributed by atoms with Crippen LogP contribution in [0.5, 0.6) is 0 Å². The van der Waals surface area contributed by atoms with Crippen LogP contribution in [0.1, 0.15) is 10.4 Å². The molecule has 2 aromatic rings. The molecule has 0 saturated heterocycles. The second-order valence-electron chi connectivity index (χ2n) is 2.82. The zero-order valence-corrected chi connectivity index (χ0v) is 9.19. The zero-order chi connectivity index (χ0) is 10.3. The van der Waals surface area contributed by atoms with Crippen LogP contribution in [0.25, 0.3) is 10.9 Å². The average Bonchev–Trinajstić information content (AvgIpc) is 2.47. The Morgan fingerprint density at radius 1 is 1.50 bits per heavy atom. The van der Waals surface area contributed by atoms with Gasteiger partial charge in [0.1, 0.15) is 0 Å². The third kappa shape index (κ3) is 1.40. The molecule has 1 heterocycles. The minimum atomic E-state index is -0.959. The molecule has 1 aromatic carbocycles. The van der Waals surface area contributed by atoms with E-state index in [1.807, 2.05) is 0 Å². The molecule has 2 N–H and O–H groups in total. The van der Waals surface area contributed by atoms with E-state index in [9.17, 15) is 4.79 Å². The largest absolute Gasteiger partial charge is 0.478 e. The number of hydrogen-bond acceptors (Lipinski definition) is 1. The summed E-state index contributed by atoms with van der Waals surface area (Å²) in [6, 6.07) is 3.36. The number of aromatic nitrogens is 1. The summed E-state index contributed by atoms with van der Waals surface area (Å²) in [6.07, 6.45) is 1.45. The first-order valence-corrected chi connectivity index (χ1v) is 4.96. The molecule has 5 heteroatoms. The number of carboxylic acids is 1. The van der Waals surface area contributed by atoms with E-state index in [1.54, 1.807) is 12.1 Å². The molecule has 14 heavy (non-hydrogen) atoms. The molecule has 0 atom stereocenters. The second-order valence-corrected chi connectivity index (χ2v) is 4.11. The van der Waals surface area contributed by atoms with Gasteiger partial charge in [0.25, 0.3) is 0 Å². The number of H-pyrrole nitrogens is 1. The van der Waals surface area contributed by atoms with Crippen molar-refractivity contribution in [1.29, 1.82) is 0 Å². The molecular formula is C9H5BrClNO2. The highest BCUT2D eigenvalue weighted by atomic mass is 79.9. The third-order valence-corrected chi connectivity index (χ3v) is 2.77. The number of aromatic amines is 1. The Balaban J connectivity index is 2.85. The van der Waals surface area contributed by atoms with Gasteiger partial charge in [0, 0.05) is 26.6 Å². The molecule has 0 fully saturated rings. The highest BCUT2D eigenvalue weighted by molar-refractivity contribution is 9.10. The van der Waals surface area contributed by atoms with Gasteiger partial charge in [-0.2, -0.15) is 0 Å². The SMILES string of the molecule is O=C(O)c1c[nH]c2cc(Cl)cc(Br)c12. The lowest BCUT2D eigenvalue weighted by Crippen LogP contribution is -1.93. The van der Waals surface area contributed by atoms with Gasteiger partial charge in [-0.05, 0) is 12.1 Å². The normalized spacial score (nSPS) is 10.7. The van der Waals surface area contributed by atoms with E-state index in [-0.39, 0.29) is 5.56 Å². The molecule has 0 aliphatic heterocycles. The fourth-order valence-corrected chi connectivity index (χ4v) is 2.38. The van der Waals surface area contributed by atoms with Crippen LogP contribution in [0.2, 0.25) is 5.02 Å². The Morgan fingerprint density at radius 2 is 2.21 bits per heavy atom. The van der Waals surface area contributed by atoms with Gasteiger partial charge in [0.05, 0.1) is 5.56 Å². The Morgan fingerprint density at radius 3 is 2.86 bits per heavy atom. The minimum absolute atomic E-state index is 0.239. The fraction of sp³-hybridized carbons (Fsp3) is 0. The van der Waals surface area contributed by atoms with E-state index in [4.69, 9.17) is 16.7 Å². The fourth-order valence-electron chi connectivity index (χ4n) is 1.35. The smallest absolute Gasteiger partial charge is 0.337 e. The van der Waals surface area contributed by atoms with Crippen LogP contribution < -0.4 is 0 Å². The van der Waals surface area contributed by atoms with Crippen LogP contribution >= 0.6 is 27.5 Å². The molecular weight excluding hydrogens is 269 g/mol. The standard InChI is InChI=1S/C9H5BrClNO2/c10-6-1-4(11)2-7-8(6)5(3-12-7)9(13)14/h1-3,12H,(H,13,14). The summed E-state index contributed by atoms with van der Waals surface area (Å²) in [5.41, 5.74) is 0.949. The first-order chi connectivity index (χ1) is 6.59. The van der Waals surface area contributed by atoms with Crippen molar-refractivity contribution in [3.63, 3.8) is 0 Å². The maximum absolute atomic E-state index is 10.8. The number of carboxylic acid groups (broad SMARTS) is 1. The number of fused-ring (bicyclic) bond motifs is 1. The van der Waals surface area contributed by atoms with Crippen molar-refractivity contribution in [1.82, 2.24) is 4.98 Å². The summed E-state index contributed by atoms with van der Waals surface area (Å²) in [5, 5.41) is 10.1. The lowest BCUT2D eigenvalue weighted by molar-refractivity contribution is 0.0699. The van der Waals surface area contributed by atoms with Crippen LogP contribution in [-0.4, -0.2) is 16.1 Å². The predicted octanol–water partition coefficient (Wildman–Crippen LogP) is 3.28. The van der Waals surface area contributed by atoms with Crippen molar-refractivity contribution in [2.45, 2.75) is 0 Å². The van der Waals surface area contributed by atoms with Gasteiger partial charge < -0.3 is 10.1 Å². The molecule has 0 bridgehead atoms. The summed E-state index contributed by atoms with van der Waals surface area (Å²) in [5.74, 6) is -0.959.